The molecule has 1 aromatic heterocycles. The van der Waals surface area contributed by atoms with Crippen LogP contribution in [0.3, 0.4) is 0 Å². The lowest BCUT2D eigenvalue weighted by Crippen LogP contribution is -2.47. The second kappa shape index (κ2) is 9.97. The minimum atomic E-state index is -0.809. The Kier molecular flexibility index (Phi) is 6.82. The molecule has 0 unspecified atom stereocenters. The summed E-state index contributed by atoms with van der Waals surface area (Å²) in [5, 5.41) is 7.56. The van der Waals surface area contributed by atoms with Crippen LogP contribution in [-0.2, 0) is 4.79 Å². The summed E-state index contributed by atoms with van der Waals surface area (Å²) in [6.07, 6.45) is 0. The Morgan fingerprint density at radius 1 is 0.829 bits per heavy atom. The Hall–Kier alpha value is -4.20. The van der Waals surface area contributed by atoms with Gasteiger partial charge >= 0.3 is 0 Å². The maximum atomic E-state index is 13.3. The van der Waals surface area contributed by atoms with Crippen LogP contribution >= 0.6 is 0 Å². The van der Waals surface area contributed by atoms with E-state index in [1.807, 2.05) is 44.2 Å². The number of methoxy groups -OCH3 is 3. The maximum Gasteiger partial charge on any atom is 0.252 e. The van der Waals surface area contributed by atoms with E-state index in [9.17, 15) is 9.59 Å². The van der Waals surface area contributed by atoms with Crippen molar-refractivity contribution in [3.05, 3.63) is 60.2 Å². The molecule has 2 amide bonds. The average molecular weight is 477 g/mol. The molecule has 4 rings (SSSR count). The van der Waals surface area contributed by atoms with E-state index in [1.54, 1.807) is 24.3 Å². The van der Waals surface area contributed by atoms with Gasteiger partial charge in [0, 0.05) is 28.5 Å². The van der Waals surface area contributed by atoms with E-state index in [1.165, 1.54) is 21.3 Å². The highest BCUT2D eigenvalue weighted by Crippen LogP contribution is 2.36. The van der Waals surface area contributed by atoms with Crippen molar-refractivity contribution in [1.29, 1.82) is 0 Å². The SMILES string of the molecule is COc1cc(OC)cc(C(=O)N[C@H](C(=O)Nc2cc3oc4ccccc4c3cc2OC)C(C)C)c1. The summed E-state index contributed by atoms with van der Waals surface area (Å²) in [6.45, 7) is 3.72. The number of carbonyl (C=O) groups is 2. The molecule has 0 saturated carbocycles. The normalized spacial score (nSPS) is 11.9. The Bertz CT molecular complexity index is 1370. The molecule has 8 nitrogen and oxygen atoms in total. The maximum absolute atomic E-state index is 13.3. The fourth-order valence-electron chi connectivity index (χ4n) is 3.93. The van der Waals surface area contributed by atoms with Crippen LogP contribution < -0.4 is 24.8 Å². The third-order valence-corrected chi connectivity index (χ3v) is 5.81. The second-order valence-electron chi connectivity index (χ2n) is 8.43. The van der Waals surface area contributed by atoms with E-state index < -0.39 is 11.9 Å². The first-order valence-corrected chi connectivity index (χ1v) is 11.2. The largest absolute Gasteiger partial charge is 0.497 e. The van der Waals surface area contributed by atoms with Gasteiger partial charge in [-0.15, -0.1) is 0 Å². The van der Waals surface area contributed by atoms with Crippen LogP contribution in [0.25, 0.3) is 21.9 Å². The molecule has 35 heavy (non-hydrogen) atoms. The van der Waals surface area contributed by atoms with Crippen molar-refractivity contribution >= 4 is 39.4 Å². The number of hydrogen-bond donors (Lipinski definition) is 2. The van der Waals surface area contributed by atoms with Crippen LogP contribution in [0, 0.1) is 5.92 Å². The minimum absolute atomic E-state index is 0.188. The van der Waals surface area contributed by atoms with Crippen LogP contribution in [0.2, 0.25) is 0 Å². The van der Waals surface area contributed by atoms with E-state index in [0.29, 0.717) is 34.1 Å². The van der Waals surface area contributed by atoms with Gasteiger partial charge in [0.1, 0.15) is 34.5 Å². The lowest BCUT2D eigenvalue weighted by Gasteiger charge is -2.22. The van der Waals surface area contributed by atoms with Gasteiger partial charge < -0.3 is 29.3 Å². The molecule has 1 heterocycles. The molecule has 0 radical (unpaired) electrons. The first kappa shape index (κ1) is 23.9. The molecule has 1 atom stereocenters. The minimum Gasteiger partial charge on any atom is -0.497 e. The van der Waals surface area contributed by atoms with Gasteiger partial charge in [-0.3, -0.25) is 9.59 Å². The smallest absolute Gasteiger partial charge is 0.252 e. The Labute approximate surface area is 203 Å². The number of rotatable bonds is 8. The molecule has 3 aromatic carbocycles. The van der Waals surface area contributed by atoms with Gasteiger partial charge in [0.05, 0.1) is 27.0 Å². The molecule has 0 aliphatic heterocycles. The van der Waals surface area contributed by atoms with Gasteiger partial charge in [0.25, 0.3) is 5.91 Å². The van der Waals surface area contributed by atoms with Crippen LogP contribution in [0.4, 0.5) is 5.69 Å². The third kappa shape index (κ3) is 4.87. The van der Waals surface area contributed by atoms with Crippen LogP contribution in [-0.4, -0.2) is 39.2 Å². The van der Waals surface area contributed by atoms with Crippen molar-refractivity contribution < 1.29 is 28.2 Å². The van der Waals surface area contributed by atoms with Crippen LogP contribution in [0.15, 0.2) is 59.0 Å². The van der Waals surface area contributed by atoms with E-state index in [2.05, 4.69) is 10.6 Å². The molecular formula is C27H28N2O6. The molecule has 2 N–H and O–H groups in total. The van der Waals surface area contributed by atoms with Crippen molar-refractivity contribution in [3.63, 3.8) is 0 Å². The quantitative estimate of drug-likeness (QED) is 0.371. The Balaban J connectivity index is 1.60. The number of nitrogens with one attached hydrogen (secondary N) is 2. The number of hydrogen-bond acceptors (Lipinski definition) is 6. The number of para-hydroxylation sites is 1. The summed E-state index contributed by atoms with van der Waals surface area (Å²) < 4.78 is 22.0. The fourth-order valence-corrected chi connectivity index (χ4v) is 3.93. The van der Waals surface area contributed by atoms with Crippen molar-refractivity contribution in [3.8, 4) is 17.2 Å². The van der Waals surface area contributed by atoms with Crippen molar-refractivity contribution in [2.45, 2.75) is 19.9 Å². The highest BCUT2D eigenvalue weighted by molar-refractivity contribution is 6.08. The van der Waals surface area contributed by atoms with Crippen molar-refractivity contribution in [2.75, 3.05) is 26.6 Å². The topological polar surface area (TPSA) is 99.0 Å². The lowest BCUT2D eigenvalue weighted by atomic mass is 10.0. The predicted octanol–water partition coefficient (Wildman–Crippen LogP) is 5.00. The standard InChI is InChI=1S/C27H28N2O6/c1-15(2)25(29-26(30)16-10-17(32-3)12-18(11-16)33-4)27(31)28-21-14-23-20(13-24(21)34-5)19-8-6-7-9-22(19)35-23/h6-15,25H,1-5H3,(H,28,31)(H,29,30)/t25-/m0/s1. The molecule has 182 valence electrons. The molecule has 8 heteroatoms. The molecule has 0 aliphatic rings. The van der Waals surface area contributed by atoms with Gasteiger partial charge in [-0.25, -0.2) is 0 Å². The number of ether oxygens (including phenoxy) is 3. The first-order chi connectivity index (χ1) is 16.8. The van der Waals surface area contributed by atoms with Gasteiger partial charge in [0.2, 0.25) is 5.91 Å². The molecule has 0 aliphatic carbocycles. The number of furan rings is 1. The zero-order valence-electron chi connectivity index (χ0n) is 20.3. The van der Waals surface area contributed by atoms with E-state index in [4.69, 9.17) is 18.6 Å². The molecule has 4 aromatic rings. The Morgan fingerprint density at radius 2 is 1.51 bits per heavy atom. The van der Waals surface area contributed by atoms with Crippen molar-refractivity contribution in [2.24, 2.45) is 5.92 Å². The van der Waals surface area contributed by atoms with E-state index in [0.717, 1.165) is 16.4 Å². The summed E-state index contributed by atoms with van der Waals surface area (Å²) >= 11 is 0. The summed E-state index contributed by atoms with van der Waals surface area (Å²) in [7, 11) is 4.55. The highest BCUT2D eigenvalue weighted by atomic mass is 16.5. The molecule has 0 fully saturated rings. The van der Waals surface area contributed by atoms with Gasteiger partial charge in [-0.05, 0) is 30.2 Å². The second-order valence-corrected chi connectivity index (χ2v) is 8.43. The molecular weight excluding hydrogens is 448 g/mol. The summed E-state index contributed by atoms with van der Waals surface area (Å²) in [5.74, 6) is 0.455. The number of carbonyl (C=O) groups excluding carboxylic acids is 2. The number of anilines is 1. The van der Waals surface area contributed by atoms with Gasteiger partial charge in [0.15, 0.2) is 0 Å². The van der Waals surface area contributed by atoms with E-state index in [-0.39, 0.29) is 11.8 Å². The molecule has 0 spiro atoms. The van der Waals surface area contributed by atoms with Gasteiger partial charge in [-0.1, -0.05) is 32.0 Å². The molecule has 0 saturated heterocycles. The zero-order valence-corrected chi connectivity index (χ0v) is 20.3. The summed E-state index contributed by atoms with van der Waals surface area (Å²) in [5.41, 5.74) is 2.14. The Morgan fingerprint density at radius 3 is 2.14 bits per heavy atom. The number of benzene rings is 3. The third-order valence-electron chi connectivity index (χ3n) is 5.81. The lowest BCUT2D eigenvalue weighted by molar-refractivity contribution is -0.118. The summed E-state index contributed by atoms with van der Waals surface area (Å²) in [6, 6.07) is 15.3. The first-order valence-electron chi connectivity index (χ1n) is 11.2. The number of amides is 2. The van der Waals surface area contributed by atoms with Crippen LogP contribution in [0.5, 0.6) is 17.2 Å². The zero-order chi connectivity index (χ0) is 25.1. The van der Waals surface area contributed by atoms with Crippen molar-refractivity contribution in [1.82, 2.24) is 5.32 Å². The molecule has 0 bridgehead atoms. The monoisotopic (exact) mass is 476 g/mol. The highest BCUT2D eigenvalue weighted by Gasteiger charge is 2.26. The summed E-state index contributed by atoms with van der Waals surface area (Å²) in [4.78, 5) is 26.3. The average Bonchev–Trinajstić information content (AvgIpc) is 3.23. The predicted molar refractivity (Wildman–Crippen MR) is 135 cm³/mol. The van der Waals surface area contributed by atoms with Gasteiger partial charge in [-0.2, -0.15) is 0 Å². The van der Waals surface area contributed by atoms with E-state index >= 15 is 0 Å². The van der Waals surface area contributed by atoms with Crippen LogP contribution in [0.1, 0.15) is 24.2 Å². The number of fused-ring (bicyclic) bond motifs is 3. The fraction of sp³-hybridized carbons (Fsp3) is 0.259.